The lowest BCUT2D eigenvalue weighted by molar-refractivity contribution is 0.773. The first-order chi connectivity index (χ1) is 8.22. The Labute approximate surface area is 102 Å². The number of hydrogen-bond donors (Lipinski definition) is 3. The van der Waals surface area contributed by atoms with Crippen molar-refractivity contribution < 1.29 is 0 Å². The highest BCUT2D eigenvalue weighted by Crippen LogP contribution is 2.35. The van der Waals surface area contributed by atoms with E-state index in [1.807, 2.05) is 6.07 Å². The van der Waals surface area contributed by atoms with E-state index in [0.29, 0.717) is 12.0 Å². The Morgan fingerprint density at radius 1 is 1.35 bits per heavy atom. The van der Waals surface area contributed by atoms with Crippen molar-refractivity contribution in [1.82, 2.24) is 9.97 Å². The van der Waals surface area contributed by atoms with Crippen LogP contribution in [0.4, 0.5) is 17.6 Å². The minimum absolute atomic E-state index is 0.322. The lowest BCUT2D eigenvalue weighted by Gasteiger charge is -2.09. The van der Waals surface area contributed by atoms with Crippen LogP contribution in [0.1, 0.15) is 33.1 Å². The van der Waals surface area contributed by atoms with Crippen LogP contribution >= 0.6 is 0 Å². The monoisotopic (exact) mass is 235 g/mol. The molecule has 2 unspecified atom stereocenters. The van der Waals surface area contributed by atoms with Crippen molar-refractivity contribution in [1.29, 1.82) is 0 Å². The first kappa shape index (κ1) is 12.0. The Morgan fingerprint density at radius 2 is 2.12 bits per heavy atom. The largest absolute Gasteiger partial charge is 0.370 e. The van der Waals surface area contributed by atoms with Gasteiger partial charge in [-0.2, -0.15) is 9.97 Å². The van der Waals surface area contributed by atoms with Gasteiger partial charge in [-0.1, -0.05) is 20.3 Å². The third-order valence-corrected chi connectivity index (χ3v) is 3.08. The molecule has 1 fully saturated rings. The molecule has 1 aromatic rings. The van der Waals surface area contributed by atoms with Gasteiger partial charge in [0.1, 0.15) is 11.6 Å². The van der Waals surface area contributed by atoms with Crippen molar-refractivity contribution in [2.45, 2.75) is 39.2 Å². The van der Waals surface area contributed by atoms with Crippen LogP contribution in [0.15, 0.2) is 6.07 Å². The fourth-order valence-corrected chi connectivity index (χ4v) is 1.95. The summed E-state index contributed by atoms with van der Waals surface area (Å²) in [6, 6.07) is 2.49. The fourth-order valence-electron chi connectivity index (χ4n) is 1.95. The summed E-state index contributed by atoms with van der Waals surface area (Å²) in [4.78, 5) is 8.36. The van der Waals surface area contributed by atoms with Gasteiger partial charge in [-0.25, -0.2) is 0 Å². The minimum Gasteiger partial charge on any atom is -0.370 e. The van der Waals surface area contributed by atoms with Crippen molar-refractivity contribution in [3.63, 3.8) is 0 Å². The van der Waals surface area contributed by atoms with Gasteiger partial charge in [0.2, 0.25) is 5.95 Å². The van der Waals surface area contributed by atoms with E-state index in [-0.39, 0.29) is 0 Å². The Morgan fingerprint density at radius 3 is 2.76 bits per heavy atom. The lowest BCUT2D eigenvalue weighted by atomic mass is 10.3. The lowest BCUT2D eigenvalue weighted by Crippen LogP contribution is -2.10. The maximum atomic E-state index is 5.69. The number of rotatable bonds is 6. The van der Waals surface area contributed by atoms with Gasteiger partial charge < -0.3 is 16.4 Å². The molecule has 0 saturated heterocycles. The molecule has 1 saturated carbocycles. The zero-order valence-electron chi connectivity index (χ0n) is 10.5. The molecule has 1 aliphatic rings. The number of nitrogen functional groups attached to an aromatic ring is 1. The van der Waals surface area contributed by atoms with Crippen LogP contribution in [0.2, 0.25) is 0 Å². The molecule has 5 nitrogen and oxygen atoms in total. The first-order valence-electron chi connectivity index (χ1n) is 6.37. The van der Waals surface area contributed by atoms with E-state index >= 15 is 0 Å². The van der Waals surface area contributed by atoms with Crippen LogP contribution in [0, 0.1) is 5.92 Å². The molecule has 0 amide bonds. The van der Waals surface area contributed by atoms with E-state index < -0.39 is 0 Å². The molecule has 4 N–H and O–H groups in total. The highest BCUT2D eigenvalue weighted by molar-refractivity contribution is 5.52. The summed E-state index contributed by atoms with van der Waals surface area (Å²) in [5.41, 5.74) is 5.69. The van der Waals surface area contributed by atoms with E-state index in [0.717, 1.165) is 30.5 Å². The predicted molar refractivity (Wildman–Crippen MR) is 71.0 cm³/mol. The van der Waals surface area contributed by atoms with Crippen LogP contribution in [0.25, 0.3) is 0 Å². The minimum atomic E-state index is 0.322. The molecule has 0 aliphatic heterocycles. The molecule has 2 rings (SSSR count). The second kappa shape index (κ2) is 5.21. The summed E-state index contributed by atoms with van der Waals surface area (Å²) in [5, 5.41) is 6.63. The Bertz CT molecular complexity index is 379. The summed E-state index contributed by atoms with van der Waals surface area (Å²) in [6.45, 7) is 5.23. The van der Waals surface area contributed by atoms with E-state index in [1.165, 1.54) is 12.8 Å². The van der Waals surface area contributed by atoms with E-state index in [2.05, 4.69) is 34.4 Å². The van der Waals surface area contributed by atoms with Crippen LogP contribution in [-0.4, -0.2) is 22.6 Å². The second-order valence-corrected chi connectivity index (χ2v) is 4.58. The van der Waals surface area contributed by atoms with Crippen LogP contribution in [0.5, 0.6) is 0 Å². The van der Waals surface area contributed by atoms with Crippen molar-refractivity contribution >= 4 is 17.6 Å². The second-order valence-electron chi connectivity index (χ2n) is 4.58. The van der Waals surface area contributed by atoms with Gasteiger partial charge in [-0.15, -0.1) is 0 Å². The number of nitrogens with one attached hydrogen (secondary N) is 2. The number of anilines is 3. The number of aromatic nitrogens is 2. The van der Waals surface area contributed by atoms with Crippen molar-refractivity contribution in [2.24, 2.45) is 5.92 Å². The molecule has 94 valence electrons. The summed E-state index contributed by atoms with van der Waals surface area (Å²) in [5.74, 6) is 2.74. The molecule has 17 heavy (non-hydrogen) atoms. The van der Waals surface area contributed by atoms with E-state index in [4.69, 9.17) is 5.73 Å². The quantitative estimate of drug-likeness (QED) is 0.704. The average Bonchev–Trinajstić information content (AvgIpc) is 3.04. The Hall–Kier alpha value is -1.52. The topological polar surface area (TPSA) is 75.9 Å². The van der Waals surface area contributed by atoms with Gasteiger partial charge in [0.25, 0.3) is 0 Å². The van der Waals surface area contributed by atoms with E-state index in [1.54, 1.807) is 0 Å². The number of hydrogen-bond acceptors (Lipinski definition) is 5. The van der Waals surface area contributed by atoms with Gasteiger partial charge in [-0.3, -0.25) is 0 Å². The van der Waals surface area contributed by atoms with E-state index in [9.17, 15) is 0 Å². The first-order valence-corrected chi connectivity index (χ1v) is 6.37. The van der Waals surface area contributed by atoms with Gasteiger partial charge in [0.05, 0.1) is 0 Å². The summed E-state index contributed by atoms with van der Waals surface area (Å²) in [6.07, 6.45) is 3.52. The molecule has 0 bridgehead atoms. The van der Waals surface area contributed by atoms with Crippen LogP contribution in [-0.2, 0) is 0 Å². The highest BCUT2D eigenvalue weighted by Gasteiger charge is 2.35. The Balaban J connectivity index is 1.99. The van der Waals surface area contributed by atoms with Crippen molar-refractivity contribution in [2.75, 3.05) is 22.9 Å². The summed E-state index contributed by atoms with van der Waals surface area (Å²) in [7, 11) is 0. The highest BCUT2D eigenvalue weighted by atomic mass is 15.1. The fraction of sp³-hybridized carbons (Fsp3) is 0.667. The molecule has 0 radical (unpaired) electrons. The summed E-state index contributed by atoms with van der Waals surface area (Å²) < 4.78 is 0. The predicted octanol–water partition coefficient (Wildman–Crippen LogP) is 2.09. The third kappa shape index (κ3) is 3.22. The molecule has 0 aromatic carbocycles. The molecular weight excluding hydrogens is 214 g/mol. The zero-order chi connectivity index (χ0) is 12.3. The van der Waals surface area contributed by atoms with Crippen LogP contribution < -0.4 is 16.4 Å². The van der Waals surface area contributed by atoms with Gasteiger partial charge in [0.15, 0.2) is 0 Å². The molecule has 2 atom stereocenters. The van der Waals surface area contributed by atoms with Gasteiger partial charge >= 0.3 is 0 Å². The average molecular weight is 235 g/mol. The zero-order valence-corrected chi connectivity index (χ0v) is 10.5. The molecule has 0 spiro atoms. The summed E-state index contributed by atoms with van der Waals surface area (Å²) >= 11 is 0. The van der Waals surface area contributed by atoms with Crippen LogP contribution in [0.3, 0.4) is 0 Å². The third-order valence-electron chi connectivity index (χ3n) is 3.08. The number of nitrogens with two attached hydrogens (primary N) is 1. The molecular formula is C12H21N5. The maximum Gasteiger partial charge on any atom is 0.223 e. The molecule has 5 heteroatoms. The normalized spacial score (nSPS) is 22.2. The molecule has 1 heterocycles. The van der Waals surface area contributed by atoms with Crippen molar-refractivity contribution in [3.8, 4) is 0 Å². The van der Waals surface area contributed by atoms with Gasteiger partial charge in [0, 0.05) is 18.7 Å². The number of nitrogens with zero attached hydrogens (tertiary/aromatic N) is 2. The molecule has 1 aromatic heterocycles. The standard InChI is InChI=1S/C12H21N5/c1-3-5-14-10-7-11(17-12(13)16-10)15-9-6-8(9)4-2/h7-9H,3-6H2,1-2H3,(H4,13,14,15,16,17). The maximum absolute atomic E-state index is 5.69. The van der Waals surface area contributed by atoms with Crippen molar-refractivity contribution in [3.05, 3.63) is 6.07 Å². The Kier molecular flexibility index (Phi) is 3.66. The SMILES string of the molecule is CCCNc1cc(NC2CC2CC)nc(N)n1. The van der Waals surface area contributed by atoms with Gasteiger partial charge in [-0.05, 0) is 18.8 Å². The smallest absolute Gasteiger partial charge is 0.223 e. The molecule has 1 aliphatic carbocycles.